The van der Waals surface area contributed by atoms with E-state index in [0.29, 0.717) is 18.4 Å². The third kappa shape index (κ3) is 4.98. The molecule has 0 spiro atoms. The Morgan fingerprint density at radius 1 is 1.29 bits per heavy atom. The fourth-order valence-corrected chi connectivity index (χ4v) is 3.11. The van der Waals surface area contributed by atoms with Crippen molar-refractivity contribution < 1.29 is 14.3 Å². The van der Waals surface area contributed by atoms with Gasteiger partial charge in [0.25, 0.3) is 0 Å². The Kier molecular flexibility index (Phi) is 6.27. The van der Waals surface area contributed by atoms with Gasteiger partial charge in [0.05, 0.1) is 18.1 Å². The predicted molar refractivity (Wildman–Crippen MR) is 86.1 cm³/mol. The quantitative estimate of drug-likeness (QED) is 0.704. The molecular formula is C18H34O3. The van der Waals surface area contributed by atoms with Crippen molar-refractivity contribution >= 4 is 5.97 Å². The minimum atomic E-state index is -0.433. The van der Waals surface area contributed by atoms with E-state index in [-0.39, 0.29) is 17.5 Å². The molecule has 3 heteroatoms. The van der Waals surface area contributed by atoms with Gasteiger partial charge in [-0.25, -0.2) is 0 Å². The second kappa shape index (κ2) is 7.13. The molecule has 0 aromatic heterocycles. The largest absolute Gasteiger partial charge is 0.465 e. The van der Waals surface area contributed by atoms with Crippen LogP contribution in [0.1, 0.15) is 67.7 Å². The summed E-state index contributed by atoms with van der Waals surface area (Å²) >= 11 is 0. The molecule has 0 N–H and O–H groups in total. The summed E-state index contributed by atoms with van der Waals surface area (Å²) in [5.41, 5.74) is -0.532. The van der Waals surface area contributed by atoms with E-state index in [4.69, 9.17) is 9.47 Å². The maximum absolute atomic E-state index is 12.7. The van der Waals surface area contributed by atoms with Crippen molar-refractivity contribution in [2.45, 2.75) is 73.8 Å². The first kappa shape index (κ1) is 18.5. The Hall–Kier alpha value is -0.570. The summed E-state index contributed by atoms with van der Waals surface area (Å²) < 4.78 is 11.3. The summed E-state index contributed by atoms with van der Waals surface area (Å²) in [4.78, 5) is 12.7. The average Bonchev–Trinajstić information content (AvgIpc) is 2.33. The third-order valence-corrected chi connectivity index (χ3v) is 4.97. The van der Waals surface area contributed by atoms with Gasteiger partial charge in [0, 0.05) is 6.61 Å². The van der Waals surface area contributed by atoms with Crippen molar-refractivity contribution in [3.8, 4) is 0 Å². The highest BCUT2D eigenvalue weighted by Gasteiger charge is 2.46. The Morgan fingerprint density at radius 2 is 1.90 bits per heavy atom. The first-order valence-electron chi connectivity index (χ1n) is 8.35. The predicted octanol–water partition coefficient (Wildman–Crippen LogP) is 4.44. The lowest BCUT2D eigenvalue weighted by molar-refractivity contribution is -0.166. The van der Waals surface area contributed by atoms with Crippen LogP contribution in [-0.4, -0.2) is 25.3 Å². The highest BCUT2D eigenvalue weighted by Crippen LogP contribution is 2.44. The lowest BCUT2D eigenvalue weighted by Gasteiger charge is -2.41. The fourth-order valence-electron chi connectivity index (χ4n) is 3.11. The van der Waals surface area contributed by atoms with Gasteiger partial charge in [0.1, 0.15) is 0 Å². The molecule has 0 saturated carbocycles. The van der Waals surface area contributed by atoms with E-state index in [1.54, 1.807) is 0 Å². The van der Waals surface area contributed by atoms with Crippen LogP contribution in [0.25, 0.3) is 0 Å². The molecule has 0 amide bonds. The van der Waals surface area contributed by atoms with Crippen LogP contribution in [0.4, 0.5) is 0 Å². The first-order valence-corrected chi connectivity index (χ1v) is 8.35. The number of rotatable bonds is 5. The third-order valence-electron chi connectivity index (χ3n) is 4.97. The number of carbonyl (C=O) groups excluding carboxylic acids is 1. The maximum atomic E-state index is 12.7. The van der Waals surface area contributed by atoms with Crippen molar-refractivity contribution in [1.82, 2.24) is 0 Å². The van der Waals surface area contributed by atoms with Gasteiger partial charge in [0.2, 0.25) is 0 Å². The zero-order valence-corrected chi connectivity index (χ0v) is 15.0. The summed E-state index contributed by atoms with van der Waals surface area (Å²) in [6.07, 6.45) is 3.13. The second-order valence-corrected chi connectivity index (χ2v) is 8.35. The molecule has 1 saturated heterocycles. The van der Waals surface area contributed by atoms with Crippen molar-refractivity contribution in [3.63, 3.8) is 0 Å². The van der Waals surface area contributed by atoms with Crippen molar-refractivity contribution in [3.05, 3.63) is 0 Å². The summed E-state index contributed by atoms with van der Waals surface area (Å²) in [6, 6.07) is 0. The Bertz CT molecular complexity index is 343. The standard InChI is InChI=1S/C18H34O3/c1-13(2)11-18(7,17(4,5)6)16(19)21-12-15-8-9-20-14(3)10-15/h13-15H,8-12H2,1-7H3. The van der Waals surface area contributed by atoms with Gasteiger partial charge in [-0.05, 0) is 50.4 Å². The minimum absolute atomic E-state index is 0.0390. The molecule has 1 fully saturated rings. The van der Waals surface area contributed by atoms with Crippen LogP contribution in [0, 0.1) is 22.7 Å². The summed E-state index contributed by atoms with van der Waals surface area (Å²) in [5.74, 6) is 0.883. The topological polar surface area (TPSA) is 35.5 Å². The normalized spacial score (nSPS) is 26.5. The van der Waals surface area contributed by atoms with Gasteiger partial charge < -0.3 is 9.47 Å². The van der Waals surface area contributed by atoms with Gasteiger partial charge in [0.15, 0.2) is 0 Å². The van der Waals surface area contributed by atoms with E-state index in [0.717, 1.165) is 25.9 Å². The lowest BCUT2D eigenvalue weighted by atomic mass is 9.64. The average molecular weight is 298 g/mol. The highest BCUT2D eigenvalue weighted by atomic mass is 16.5. The molecule has 1 aliphatic heterocycles. The molecule has 3 unspecified atom stereocenters. The molecule has 1 heterocycles. The zero-order valence-electron chi connectivity index (χ0n) is 15.0. The zero-order chi connectivity index (χ0) is 16.3. The van der Waals surface area contributed by atoms with E-state index in [2.05, 4.69) is 48.5 Å². The van der Waals surface area contributed by atoms with Gasteiger partial charge in [-0.15, -0.1) is 0 Å². The molecule has 21 heavy (non-hydrogen) atoms. The summed E-state index contributed by atoms with van der Waals surface area (Å²) in [5, 5.41) is 0. The molecule has 0 bridgehead atoms. The number of ether oxygens (including phenoxy) is 2. The van der Waals surface area contributed by atoms with Crippen LogP contribution < -0.4 is 0 Å². The molecular weight excluding hydrogens is 264 g/mol. The molecule has 3 atom stereocenters. The monoisotopic (exact) mass is 298 g/mol. The van der Waals surface area contributed by atoms with Crippen molar-refractivity contribution in [2.75, 3.05) is 13.2 Å². The van der Waals surface area contributed by atoms with Gasteiger partial charge in [-0.2, -0.15) is 0 Å². The van der Waals surface area contributed by atoms with Crippen LogP contribution in [0.3, 0.4) is 0 Å². The van der Waals surface area contributed by atoms with Gasteiger partial charge in [-0.3, -0.25) is 4.79 Å². The number of carbonyl (C=O) groups is 1. The summed E-state index contributed by atoms with van der Waals surface area (Å²) in [7, 11) is 0. The van der Waals surface area contributed by atoms with Crippen molar-refractivity contribution in [2.24, 2.45) is 22.7 Å². The Balaban J connectivity index is 2.65. The van der Waals surface area contributed by atoms with Gasteiger partial charge >= 0.3 is 5.97 Å². The number of hydrogen-bond donors (Lipinski definition) is 0. The van der Waals surface area contributed by atoms with E-state index in [1.165, 1.54) is 0 Å². The SMILES string of the molecule is CC(C)CC(C)(C(=O)OCC1CCOC(C)C1)C(C)(C)C. The van der Waals surface area contributed by atoms with Crippen LogP contribution in [0.2, 0.25) is 0 Å². The van der Waals surface area contributed by atoms with Crippen LogP contribution in [-0.2, 0) is 14.3 Å². The molecule has 0 aliphatic carbocycles. The Morgan fingerprint density at radius 3 is 2.38 bits per heavy atom. The summed E-state index contributed by atoms with van der Waals surface area (Å²) in [6.45, 7) is 16.2. The smallest absolute Gasteiger partial charge is 0.312 e. The van der Waals surface area contributed by atoms with E-state index < -0.39 is 5.41 Å². The highest BCUT2D eigenvalue weighted by molar-refractivity contribution is 5.77. The molecule has 1 aliphatic rings. The molecule has 124 valence electrons. The number of esters is 1. The van der Waals surface area contributed by atoms with E-state index in [9.17, 15) is 4.79 Å². The Labute approximate surface area is 130 Å². The lowest BCUT2D eigenvalue weighted by Crippen LogP contribution is -2.43. The van der Waals surface area contributed by atoms with Crippen LogP contribution in [0.15, 0.2) is 0 Å². The second-order valence-electron chi connectivity index (χ2n) is 8.35. The number of hydrogen-bond acceptors (Lipinski definition) is 3. The maximum Gasteiger partial charge on any atom is 0.312 e. The molecule has 1 rings (SSSR count). The molecule has 0 radical (unpaired) electrons. The molecule has 3 nitrogen and oxygen atoms in total. The van der Waals surface area contributed by atoms with Gasteiger partial charge in [-0.1, -0.05) is 34.6 Å². The van der Waals surface area contributed by atoms with Crippen LogP contribution in [0.5, 0.6) is 0 Å². The van der Waals surface area contributed by atoms with Crippen molar-refractivity contribution in [1.29, 1.82) is 0 Å². The molecule has 0 aromatic rings. The molecule has 0 aromatic carbocycles. The van der Waals surface area contributed by atoms with Crippen LogP contribution >= 0.6 is 0 Å². The van der Waals surface area contributed by atoms with E-state index in [1.807, 2.05) is 0 Å². The fraction of sp³-hybridized carbons (Fsp3) is 0.944. The van der Waals surface area contributed by atoms with E-state index >= 15 is 0 Å². The minimum Gasteiger partial charge on any atom is -0.465 e. The first-order chi connectivity index (χ1) is 9.56.